The lowest BCUT2D eigenvalue weighted by molar-refractivity contribution is -0.143. The Kier molecular flexibility index (Phi) is 7.32. The second kappa shape index (κ2) is 9.69. The summed E-state index contributed by atoms with van der Waals surface area (Å²) in [7, 11) is 0. The maximum Gasteiger partial charge on any atom is 0.326 e. The minimum Gasteiger partial charge on any atom is -0.480 e. The molecule has 0 unspecified atom stereocenters. The SMILES string of the molecule is C[C@@H](N)C(=O)N[C@@H](CCC(=O)N[C@@H](CC1=C[N]c2ccccc21)C(=O)O)C(=O)O. The van der Waals surface area contributed by atoms with E-state index in [-0.39, 0.29) is 19.3 Å². The van der Waals surface area contributed by atoms with Crippen LogP contribution in [0.4, 0.5) is 5.69 Å². The summed E-state index contributed by atoms with van der Waals surface area (Å²) < 4.78 is 0. The number of benzene rings is 1. The number of hydrogen-bond donors (Lipinski definition) is 5. The van der Waals surface area contributed by atoms with Crippen LogP contribution in [0.5, 0.6) is 0 Å². The number of carbonyl (C=O) groups excluding carboxylic acids is 2. The standard InChI is InChI=1S/C19H23N4O6/c1-10(20)17(25)23-14(18(26)27)6-7-16(24)22-15(19(28)29)8-11-9-21-13-5-3-2-4-12(11)13/h2-5,9-10,14-15H,6-8,20H2,1H3,(H,22,24)(H,23,25)(H,26,27)(H,28,29)/t10-,14+,15+/m1/s1. The minimum absolute atomic E-state index is 0.0331. The number of fused-ring (bicyclic) bond motifs is 1. The van der Waals surface area contributed by atoms with Crippen molar-refractivity contribution in [3.8, 4) is 0 Å². The predicted octanol–water partition coefficient (Wildman–Crippen LogP) is -0.0667. The summed E-state index contributed by atoms with van der Waals surface area (Å²) in [5, 5.41) is 27.4. The number of aliphatic carboxylic acids is 2. The van der Waals surface area contributed by atoms with E-state index in [0.29, 0.717) is 5.57 Å². The Labute approximate surface area is 167 Å². The van der Waals surface area contributed by atoms with Crippen LogP contribution in [0.25, 0.3) is 5.57 Å². The third-order valence-electron chi connectivity index (χ3n) is 4.36. The van der Waals surface area contributed by atoms with Gasteiger partial charge in [-0.1, -0.05) is 18.2 Å². The first kappa shape index (κ1) is 21.9. The van der Waals surface area contributed by atoms with Crippen LogP contribution < -0.4 is 21.7 Å². The number of nitrogens with zero attached hydrogens (tertiary/aromatic N) is 1. The van der Waals surface area contributed by atoms with Gasteiger partial charge in [-0.3, -0.25) is 14.9 Å². The zero-order valence-electron chi connectivity index (χ0n) is 15.8. The van der Waals surface area contributed by atoms with Gasteiger partial charge in [-0.2, -0.15) is 0 Å². The molecule has 0 spiro atoms. The summed E-state index contributed by atoms with van der Waals surface area (Å²) in [6, 6.07) is 3.85. The van der Waals surface area contributed by atoms with E-state index in [2.05, 4.69) is 16.0 Å². The van der Waals surface area contributed by atoms with Gasteiger partial charge in [0.1, 0.15) is 12.1 Å². The molecule has 1 aliphatic heterocycles. The third-order valence-corrected chi connectivity index (χ3v) is 4.36. The van der Waals surface area contributed by atoms with Crippen LogP contribution >= 0.6 is 0 Å². The first-order chi connectivity index (χ1) is 13.7. The molecule has 10 heteroatoms. The van der Waals surface area contributed by atoms with Crippen LogP contribution in [0.1, 0.15) is 31.7 Å². The largest absolute Gasteiger partial charge is 0.480 e. The van der Waals surface area contributed by atoms with Gasteiger partial charge >= 0.3 is 11.9 Å². The van der Waals surface area contributed by atoms with E-state index in [9.17, 15) is 29.4 Å². The van der Waals surface area contributed by atoms with Gasteiger partial charge < -0.3 is 26.6 Å². The van der Waals surface area contributed by atoms with Gasteiger partial charge in [-0.25, -0.2) is 9.59 Å². The Morgan fingerprint density at radius 3 is 2.34 bits per heavy atom. The lowest BCUT2D eigenvalue weighted by Gasteiger charge is -2.18. The molecule has 0 aromatic heterocycles. The monoisotopic (exact) mass is 403 g/mol. The smallest absolute Gasteiger partial charge is 0.326 e. The molecule has 0 fully saturated rings. The van der Waals surface area contributed by atoms with Crippen molar-refractivity contribution < 1.29 is 29.4 Å². The fourth-order valence-corrected chi connectivity index (χ4v) is 2.76. The zero-order chi connectivity index (χ0) is 21.6. The lowest BCUT2D eigenvalue weighted by Crippen LogP contribution is -2.48. The van der Waals surface area contributed by atoms with E-state index >= 15 is 0 Å². The molecule has 1 heterocycles. The Hall–Kier alpha value is -3.40. The van der Waals surface area contributed by atoms with Crippen LogP contribution in [-0.4, -0.2) is 52.1 Å². The predicted molar refractivity (Wildman–Crippen MR) is 103 cm³/mol. The van der Waals surface area contributed by atoms with E-state index in [0.717, 1.165) is 11.3 Å². The quantitative estimate of drug-likeness (QED) is 0.364. The number of para-hydroxylation sites is 1. The first-order valence-corrected chi connectivity index (χ1v) is 8.99. The topological polar surface area (TPSA) is 173 Å². The van der Waals surface area contributed by atoms with E-state index in [1.54, 1.807) is 12.3 Å². The Morgan fingerprint density at radius 1 is 1.07 bits per heavy atom. The van der Waals surface area contributed by atoms with Crippen molar-refractivity contribution in [1.29, 1.82) is 0 Å². The van der Waals surface area contributed by atoms with Gasteiger partial charge in [0, 0.05) is 24.6 Å². The molecule has 3 atom stereocenters. The molecule has 0 saturated heterocycles. The highest BCUT2D eigenvalue weighted by atomic mass is 16.4. The van der Waals surface area contributed by atoms with E-state index in [1.165, 1.54) is 6.92 Å². The number of hydrogen-bond acceptors (Lipinski definition) is 5. The minimum atomic E-state index is -1.31. The molecule has 2 amide bonds. The Morgan fingerprint density at radius 2 is 1.72 bits per heavy atom. The maximum absolute atomic E-state index is 12.2. The van der Waals surface area contributed by atoms with Crippen LogP contribution in [0, 0.1) is 0 Å². The highest BCUT2D eigenvalue weighted by molar-refractivity contribution is 5.89. The summed E-state index contributed by atoms with van der Waals surface area (Å²) in [6.07, 6.45) is 1.12. The molecule has 1 aromatic carbocycles. The molecule has 2 rings (SSSR count). The lowest BCUT2D eigenvalue weighted by atomic mass is 10.00. The zero-order valence-corrected chi connectivity index (χ0v) is 15.8. The average Bonchev–Trinajstić information content (AvgIpc) is 3.07. The molecule has 1 aliphatic rings. The van der Waals surface area contributed by atoms with Crippen molar-refractivity contribution in [3.05, 3.63) is 36.0 Å². The van der Waals surface area contributed by atoms with Gasteiger partial charge in [0.25, 0.3) is 0 Å². The molecule has 10 nitrogen and oxygen atoms in total. The van der Waals surface area contributed by atoms with E-state index in [4.69, 9.17) is 5.73 Å². The molecule has 155 valence electrons. The Balaban J connectivity index is 1.93. The highest BCUT2D eigenvalue weighted by Crippen LogP contribution is 2.32. The summed E-state index contributed by atoms with van der Waals surface area (Å²) in [6.45, 7) is 1.40. The number of carbonyl (C=O) groups is 4. The molecule has 6 N–H and O–H groups in total. The number of amides is 2. The number of rotatable bonds is 10. The molecule has 0 bridgehead atoms. The van der Waals surface area contributed by atoms with Crippen molar-refractivity contribution in [2.45, 2.75) is 44.3 Å². The van der Waals surface area contributed by atoms with Gasteiger partial charge in [0.2, 0.25) is 11.8 Å². The molecular weight excluding hydrogens is 380 g/mol. The van der Waals surface area contributed by atoms with Crippen molar-refractivity contribution in [3.63, 3.8) is 0 Å². The van der Waals surface area contributed by atoms with Gasteiger partial charge in [-0.05, 0) is 25.0 Å². The van der Waals surface area contributed by atoms with Crippen molar-refractivity contribution in [1.82, 2.24) is 16.0 Å². The fraction of sp³-hybridized carbons (Fsp3) is 0.368. The summed E-state index contributed by atoms with van der Waals surface area (Å²) in [4.78, 5) is 46.6. The number of carboxylic acids is 2. The van der Waals surface area contributed by atoms with Crippen molar-refractivity contribution >= 4 is 35.0 Å². The normalized spacial score (nSPS) is 15.2. The van der Waals surface area contributed by atoms with Gasteiger partial charge in [-0.15, -0.1) is 0 Å². The van der Waals surface area contributed by atoms with Crippen molar-refractivity contribution in [2.24, 2.45) is 5.73 Å². The van der Waals surface area contributed by atoms with E-state index in [1.807, 2.05) is 18.2 Å². The highest BCUT2D eigenvalue weighted by Gasteiger charge is 2.27. The molecule has 29 heavy (non-hydrogen) atoms. The van der Waals surface area contributed by atoms with E-state index < -0.39 is 41.9 Å². The second-order valence-electron chi connectivity index (χ2n) is 6.69. The molecule has 1 aromatic rings. The molecule has 1 radical (unpaired) electrons. The van der Waals surface area contributed by atoms with Crippen LogP contribution in [0.3, 0.4) is 0 Å². The van der Waals surface area contributed by atoms with Crippen molar-refractivity contribution in [2.75, 3.05) is 0 Å². The summed E-state index contributed by atoms with van der Waals surface area (Å²) >= 11 is 0. The molecule has 0 saturated carbocycles. The van der Waals surface area contributed by atoms with Crippen LogP contribution in [0.15, 0.2) is 30.5 Å². The number of carboxylic acid groups (broad SMARTS) is 2. The van der Waals surface area contributed by atoms with Crippen LogP contribution in [0.2, 0.25) is 0 Å². The van der Waals surface area contributed by atoms with Crippen LogP contribution in [-0.2, 0) is 19.2 Å². The average molecular weight is 403 g/mol. The maximum atomic E-state index is 12.2. The summed E-state index contributed by atoms with van der Waals surface area (Å²) in [5.41, 5.74) is 7.60. The number of nitrogens with one attached hydrogen (secondary N) is 2. The van der Waals surface area contributed by atoms with Gasteiger partial charge in [0.05, 0.1) is 11.7 Å². The molecule has 0 aliphatic carbocycles. The van der Waals surface area contributed by atoms with Gasteiger partial charge in [0.15, 0.2) is 0 Å². The summed E-state index contributed by atoms with van der Waals surface area (Å²) in [5.74, 6) is -3.82. The fourth-order valence-electron chi connectivity index (χ4n) is 2.76. The first-order valence-electron chi connectivity index (χ1n) is 8.99. The Bertz CT molecular complexity index is 836. The third kappa shape index (κ3) is 6.04. The molecular formula is C19H23N4O6. The number of nitrogens with two attached hydrogens (primary N) is 1. The second-order valence-corrected chi connectivity index (χ2v) is 6.69.